The Balaban J connectivity index is 3.02. The average molecular weight is 310 g/mol. The monoisotopic (exact) mass is 309 g/mol. The molecule has 0 aliphatic carbocycles. The van der Waals surface area contributed by atoms with Crippen LogP contribution in [0.2, 0.25) is 0 Å². The summed E-state index contributed by atoms with van der Waals surface area (Å²) in [6, 6.07) is 7.05. The third-order valence-electron chi connectivity index (χ3n) is 2.52. The highest BCUT2D eigenvalue weighted by atomic mass is 79.9. The number of halogens is 1. The smallest absolute Gasteiger partial charge is 0.339 e. The van der Waals surface area contributed by atoms with Gasteiger partial charge in [-0.3, -0.25) is 4.79 Å². The molecule has 94 valence electrons. The van der Waals surface area contributed by atoms with Crippen LogP contribution >= 0.6 is 15.9 Å². The summed E-state index contributed by atoms with van der Waals surface area (Å²) in [5.74, 6) is -1.32. The first kappa shape index (κ1) is 14.4. The Labute approximate surface area is 114 Å². The molecule has 0 radical (unpaired) electrons. The predicted molar refractivity (Wildman–Crippen MR) is 69.0 cm³/mol. The number of ketones is 1. The first-order valence-corrected chi connectivity index (χ1v) is 6.05. The third-order valence-corrected chi connectivity index (χ3v) is 3.21. The molecule has 0 aliphatic rings. The van der Waals surface area contributed by atoms with Crippen molar-refractivity contribution in [3.63, 3.8) is 0 Å². The van der Waals surface area contributed by atoms with Crippen molar-refractivity contribution in [1.82, 2.24) is 0 Å². The second kappa shape index (κ2) is 6.31. The van der Waals surface area contributed by atoms with Crippen molar-refractivity contribution in [3.05, 3.63) is 33.8 Å². The Hall–Kier alpha value is -1.67. The zero-order chi connectivity index (χ0) is 13.7. The minimum Gasteiger partial charge on any atom is -0.465 e. The van der Waals surface area contributed by atoms with E-state index in [9.17, 15) is 9.59 Å². The molecule has 0 saturated heterocycles. The van der Waals surface area contributed by atoms with E-state index in [2.05, 4.69) is 20.7 Å². The minimum absolute atomic E-state index is 0.181. The van der Waals surface area contributed by atoms with Crippen molar-refractivity contribution in [2.24, 2.45) is 5.92 Å². The number of esters is 1. The lowest BCUT2D eigenvalue weighted by Gasteiger charge is -2.08. The molecule has 0 spiro atoms. The van der Waals surface area contributed by atoms with Gasteiger partial charge in [0.25, 0.3) is 0 Å². The Morgan fingerprint density at radius 2 is 2.17 bits per heavy atom. The van der Waals surface area contributed by atoms with Crippen LogP contribution in [0.15, 0.2) is 22.7 Å². The number of nitrogens with zero attached hydrogens (tertiary/aromatic N) is 1. The SMILES string of the molecule is COC(=O)c1cc(CC(C#N)C(C)=O)ccc1Br. The van der Waals surface area contributed by atoms with E-state index in [0.29, 0.717) is 16.5 Å². The van der Waals surface area contributed by atoms with Crippen molar-refractivity contribution in [1.29, 1.82) is 5.26 Å². The van der Waals surface area contributed by atoms with Gasteiger partial charge in [-0.25, -0.2) is 4.79 Å². The Bertz CT molecular complexity index is 519. The number of rotatable bonds is 4. The van der Waals surface area contributed by atoms with Crippen LogP contribution in [0.25, 0.3) is 0 Å². The van der Waals surface area contributed by atoms with Gasteiger partial charge in [-0.05, 0) is 47.0 Å². The van der Waals surface area contributed by atoms with Crippen molar-refractivity contribution in [2.45, 2.75) is 13.3 Å². The number of hydrogen-bond donors (Lipinski definition) is 0. The molecule has 18 heavy (non-hydrogen) atoms. The normalized spacial score (nSPS) is 11.4. The van der Waals surface area contributed by atoms with Gasteiger partial charge in [0, 0.05) is 4.47 Å². The van der Waals surface area contributed by atoms with E-state index in [0.717, 1.165) is 5.56 Å². The standard InChI is InChI=1S/C13H12BrNO3/c1-8(16)10(7-15)5-9-3-4-12(14)11(6-9)13(17)18-2/h3-4,6,10H,5H2,1-2H3. The van der Waals surface area contributed by atoms with Gasteiger partial charge in [0.05, 0.1) is 18.7 Å². The Morgan fingerprint density at radius 3 is 2.67 bits per heavy atom. The van der Waals surface area contributed by atoms with Crippen molar-refractivity contribution >= 4 is 27.7 Å². The summed E-state index contributed by atoms with van der Waals surface area (Å²) >= 11 is 3.25. The summed E-state index contributed by atoms with van der Waals surface area (Å²) in [7, 11) is 1.30. The lowest BCUT2D eigenvalue weighted by Crippen LogP contribution is -2.12. The van der Waals surface area contributed by atoms with E-state index in [1.54, 1.807) is 18.2 Å². The fourth-order valence-corrected chi connectivity index (χ4v) is 1.89. The fourth-order valence-electron chi connectivity index (χ4n) is 1.48. The molecule has 0 heterocycles. The molecular weight excluding hydrogens is 298 g/mol. The molecule has 0 N–H and O–H groups in total. The van der Waals surface area contributed by atoms with Gasteiger partial charge in [0.15, 0.2) is 0 Å². The van der Waals surface area contributed by atoms with Gasteiger partial charge < -0.3 is 4.74 Å². The van der Waals surface area contributed by atoms with Gasteiger partial charge in [0.2, 0.25) is 0 Å². The quantitative estimate of drug-likeness (QED) is 0.801. The number of carbonyl (C=O) groups is 2. The van der Waals surface area contributed by atoms with E-state index in [-0.39, 0.29) is 5.78 Å². The molecule has 0 fully saturated rings. The molecule has 0 amide bonds. The summed E-state index contributed by atoms with van der Waals surface area (Å²) in [6.45, 7) is 1.38. The van der Waals surface area contributed by atoms with Crippen LogP contribution in [0.1, 0.15) is 22.8 Å². The molecule has 1 unspecified atom stereocenters. The number of benzene rings is 1. The zero-order valence-corrected chi connectivity index (χ0v) is 11.7. The Morgan fingerprint density at radius 1 is 1.50 bits per heavy atom. The summed E-state index contributed by atoms with van der Waals surface area (Å²) in [4.78, 5) is 22.7. The van der Waals surface area contributed by atoms with E-state index in [4.69, 9.17) is 5.26 Å². The second-order valence-corrected chi connectivity index (χ2v) is 4.66. The molecule has 5 heteroatoms. The molecule has 1 rings (SSSR count). The molecule has 0 aromatic heterocycles. The lowest BCUT2D eigenvalue weighted by atomic mass is 9.96. The highest BCUT2D eigenvalue weighted by Gasteiger charge is 2.16. The van der Waals surface area contributed by atoms with Crippen LogP contribution < -0.4 is 0 Å². The van der Waals surface area contributed by atoms with Crippen LogP contribution in [-0.2, 0) is 16.0 Å². The van der Waals surface area contributed by atoms with Gasteiger partial charge >= 0.3 is 5.97 Å². The minimum atomic E-state index is -0.684. The molecule has 0 aliphatic heterocycles. The maximum absolute atomic E-state index is 11.5. The number of ether oxygens (including phenoxy) is 1. The van der Waals surface area contributed by atoms with Crippen LogP contribution in [0.3, 0.4) is 0 Å². The molecule has 0 bridgehead atoms. The van der Waals surface area contributed by atoms with Crippen molar-refractivity contribution in [3.8, 4) is 6.07 Å². The van der Waals surface area contributed by atoms with Crippen molar-refractivity contribution < 1.29 is 14.3 Å². The van der Waals surface area contributed by atoms with Gasteiger partial charge in [-0.15, -0.1) is 0 Å². The average Bonchev–Trinajstić information content (AvgIpc) is 2.36. The largest absolute Gasteiger partial charge is 0.465 e. The second-order valence-electron chi connectivity index (χ2n) is 3.80. The van der Waals surface area contributed by atoms with Crippen LogP contribution in [0.5, 0.6) is 0 Å². The summed E-state index contributed by atoms with van der Waals surface area (Å²) in [5.41, 5.74) is 1.13. The topological polar surface area (TPSA) is 67.2 Å². The molecule has 4 nitrogen and oxygen atoms in total. The number of hydrogen-bond acceptors (Lipinski definition) is 4. The third kappa shape index (κ3) is 3.41. The fraction of sp³-hybridized carbons (Fsp3) is 0.308. The highest BCUT2D eigenvalue weighted by Crippen LogP contribution is 2.21. The number of carbonyl (C=O) groups excluding carboxylic acids is 2. The lowest BCUT2D eigenvalue weighted by molar-refractivity contribution is -0.119. The van der Waals surface area contributed by atoms with E-state index in [1.165, 1.54) is 14.0 Å². The van der Waals surface area contributed by atoms with Crippen molar-refractivity contribution in [2.75, 3.05) is 7.11 Å². The first-order valence-electron chi connectivity index (χ1n) is 5.26. The molecule has 1 aromatic carbocycles. The van der Waals surface area contributed by atoms with E-state index in [1.807, 2.05) is 6.07 Å². The summed E-state index contributed by atoms with van der Waals surface area (Å²) in [6.07, 6.45) is 0.295. The summed E-state index contributed by atoms with van der Waals surface area (Å²) in [5, 5.41) is 8.87. The summed E-state index contributed by atoms with van der Waals surface area (Å²) < 4.78 is 5.27. The number of Topliss-reactive ketones (excluding diaryl/α,β-unsaturated/α-hetero) is 1. The van der Waals surface area contributed by atoms with E-state index < -0.39 is 11.9 Å². The molecule has 0 saturated carbocycles. The van der Waals surface area contributed by atoms with Gasteiger partial charge in [-0.1, -0.05) is 6.07 Å². The molecule has 1 atom stereocenters. The van der Waals surface area contributed by atoms with Crippen LogP contribution in [0, 0.1) is 17.2 Å². The van der Waals surface area contributed by atoms with Gasteiger partial charge in [0.1, 0.15) is 11.7 Å². The number of methoxy groups -OCH3 is 1. The molecular formula is C13H12BrNO3. The van der Waals surface area contributed by atoms with Gasteiger partial charge in [-0.2, -0.15) is 5.26 Å². The zero-order valence-electron chi connectivity index (χ0n) is 10.1. The first-order chi connectivity index (χ1) is 8.49. The molecule has 1 aromatic rings. The highest BCUT2D eigenvalue weighted by molar-refractivity contribution is 9.10. The van der Waals surface area contributed by atoms with Crippen LogP contribution in [0.4, 0.5) is 0 Å². The Kier molecular flexibility index (Phi) is 5.05. The van der Waals surface area contributed by atoms with Crippen LogP contribution in [-0.4, -0.2) is 18.9 Å². The maximum Gasteiger partial charge on any atom is 0.339 e. The maximum atomic E-state index is 11.5. The predicted octanol–water partition coefficient (Wildman–Crippen LogP) is 2.51. The van der Waals surface area contributed by atoms with E-state index >= 15 is 0 Å². The number of nitriles is 1.